The highest BCUT2D eigenvalue weighted by atomic mass is 32.1. The van der Waals surface area contributed by atoms with Crippen molar-refractivity contribution in [3.05, 3.63) is 65.1 Å². The smallest absolute Gasteiger partial charge is 0.255 e. The third kappa shape index (κ3) is 3.78. The second kappa shape index (κ2) is 7.75. The largest absolute Gasteiger partial charge is 0.343 e. The molecule has 0 fully saturated rings. The van der Waals surface area contributed by atoms with Crippen LogP contribution >= 0.6 is 11.3 Å². The van der Waals surface area contributed by atoms with Crippen LogP contribution in [0.3, 0.4) is 0 Å². The molecule has 0 aromatic carbocycles. The van der Waals surface area contributed by atoms with E-state index < -0.39 is 0 Å². The number of carbonyl (C=O) groups excluding carboxylic acids is 2. The zero-order valence-electron chi connectivity index (χ0n) is 14.8. The van der Waals surface area contributed by atoms with Gasteiger partial charge in [0.25, 0.3) is 5.91 Å². The summed E-state index contributed by atoms with van der Waals surface area (Å²) in [7, 11) is 0. The van der Waals surface area contributed by atoms with Crippen molar-refractivity contribution in [1.82, 2.24) is 14.9 Å². The fraction of sp³-hybridized carbons (Fsp3) is 0.250. The van der Waals surface area contributed by atoms with Gasteiger partial charge in [-0.2, -0.15) is 0 Å². The van der Waals surface area contributed by atoms with E-state index in [1.807, 2.05) is 29.1 Å². The Labute approximate surface area is 161 Å². The number of hydrogen-bond acceptors (Lipinski definition) is 4. The lowest BCUT2D eigenvalue weighted by Gasteiger charge is -2.13. The summed E-state index contributed by atoms with van der Waals surface area (Å²) in [6.07, 6.45) is 11.3. The Hall–Kier alpha value is -2.93. The first-order chi connectivity index (χ1) is 13.2. The first-order valence-corrected chi connectivity index (χ1v) is 9.80. The number of aromatic nitrogens is 2. The highest BCUT2D eigenvalue weighted by molar-refractivity contribution is 7.15. The molecule has 0 bridgehead atoms. The van der Waals surface area contributed by atoms with Crippen LogP contribution in [0.5, 0.6) is 0 Å². The number of nitrogens with one attached hydrogen (secondary N) is 2. The van der Waals surface area contributed by atoms with Gasteiger partial charge in [-0.15, -0.1) is 11.3 Å². The van der Waals surface area contributed by atoms with Gasteiger partial charge in [0.05, 0.1) is 24.0 Å². The second-order valence-corrected chi connectivity index (χ2v) is 7.54. The van der Waals surface area contributed by atoms with Gasteiger partial charge >= 0.3 is 0 Å². The van der Waals surface area contributed by atoms with Crippen molar-refractivity contribution in [2.45, 2.75) is 25.7 Å². The molecule has 0 atom stereocenters. The number of nitrogens with zero attached hydrogens (tertiary/aromatic N) is 2. The molecule has 0 saturated carbocycles. The van der Waals surface area contributed by atoms with Gasteiger partial charge in [-0.05, 0) is 55.5 Å². The molecular formula is C20H20N4O2S. The standard InChI is InChI=1S/C20H20N4O2S/c25-17(23-14-6-5-9-21-12-14)13-22-19(26)18-15-7-1-2-8-16(15)27-20(18)24-10-3-4-11-24/h3-6,9-12H,1-2,7-8,13H2,(H,22,26)(H,23,25). The molecular weight excluding hydrogens is 360 g/mol. The van der Waals surface area contributed by atoms with Crippen molar-refractivity contribution >= 4 is 28.8 Å². The number of carbonyl (C=O) groups is 2. The number of aryl methyl sites for hydroxylation is 1. The zero-order chi connectivity index (χ0) is 18.6. The molecule has 7 heteroatoms. The van der Waals surface area contributed by atoms with E-state index in [4.69, 9.17) is 0 Å². The summed E-state index contributed by atoms with van der Waals surface area (Å²) in [5, 5.41) is 6.44. The molecule has 4 rings (SSSR count). The highest BCUT2D eigenvalue weighted by Crippen LogP contribution is 2.36. The maximum absolute atomic E-state index is 12.9. The van der Waals surface area contributed by atoms with Crippen molar-refractivity contribution in [2.75, 3.05) is 11.9 Å². The number of amides is 2. The van der Waals surface area contributed by atoms with Crippen molar-refractivity contribution < 1.29 is 9.59 Å². The minimum absolute atomic E-state index is 0.0799. The van der Waals surface area contributed by atoms with Crippen molar-refractivity contribution in [3.63, 3.8) is 0 Å². The van der Waals surface area contributed by atoms with Crippen LogP contribution in [-0.4, -0.2) is 27.9 Å². The summed E-state index contributed by atoms with van der Waals surface area (Å²) in [5.41, 5.74) is 2.46. The molecule has 3 heterocycles. The van der Waals surface area contributed by atoms with Crippen LogP contribution in [0.25, 0.3) is 5.00 Å². The predicted molar refractivity (Wildman–Crippen MR) is 105 cm³/mol. The molecule has 1 aliphatic carbocycles. The molecule has 0 radical (unpaired) electrons. The lowest BCUT2D eigenvalue weighted by atomic mass is 9.95. The lowest BCUT2D eigenvalue weighted by Crippen LogP contribution is -2.33. The Morgan fingerprint density at radius 3 is 2.74 bits per heavy atom. The van der Waals surface area contributed by atoms with Crippen LogP contribution < -0.4 is 10.6 Å². The predicted octanol–water partition coefficient (Wildman–Crippen LogP) is 3.18. The Morgan fingerprint density at radius 2 is 1.96 bits per heavy atom. The van der Waals surface area contributed by atoms with Gasteiger partial charge in [-0.25, -0.2) is 0 Å². The van der Waals surface area contributed by atoms with E-state index >= 15 is 0 Å². The zero-order valence-corrected chi connectivity index (χ0v) is 15.6. The minimum atomic E-state index is -0.275. The lowest BCUT2D eigenvalue weighted by molar-refractivity contribution is -0.115. The average molecular weight is 380 g/mol. The van der Waals surface area contributed by atoms with E-state index in [9.17, 15) is 9.59 Å². The molecule has 3 aromatic rings. The van der Waals surface area contributed by atoms with Gasteiger partial charge in [-0.3, -0.25) is 14.6 Å². The summed E-state index contributed by atoms with van der Waals surface area (Å²) in [6.45, 7) is -0.0799. The molecule has 0 aliphatic heterocycles. The molecule has 1 aliphatic rings. The first-order valence-electron chi connectivity index (χ1n) is 8.98. The summed E-state index contributed by atoms with van der Waals surface area (Å²) in [5.74, 6) is -0.470. The van der Waals surface area contributed by atoms with E-state index in [1.165, 1.54) is 4.88 Å². The van der Waals surface area contributed by atoms with E-state index in [-0.39, 0.29) is 18.4 Å². The van der Waals surface area contributed by atoms with Gasteiger partial charge in [0.2, 0.25) is 5.91 Å². The molecule has 0 saturated heterocycles. The topological polar surface area (TPSA) is 76.0 Å². The van der Waals surface area contributed by atoms with Crippen LogP contribution in [0.1, 0.15) is 33.6 Å². The fourth-order valence-corrected chi connectivity index (χ4v) is 4.68. The van der Waals surface area contributed by atoms with E-state index in [2.05, 4.69) is 15.6 Å². The molecule has 0 spiro atoms. The molecule has 2 amide bonds. The number of anilines is 1. The monoisotopic (exact) mass is 380 g/mol. The number of hydrogen-bond donors (Lipinski definition) is 2. The SMILES string of the molecule is O=C(CNC(=O)c1c(-n2cccc2)sc2c1CCCC2)Nc1cccnc1. The Morgan fingerprint density at radius 1 is 1.15 bits per heavy atom. The molecule has 6 nitrogen and oxygen atoms in total. The van der Waals surface area contributed by atoms with Gasteiger partial charge in [-0.1, -0.05) is 0 Å². The third-order valence-corrected chi connectivity index (χ3v) is 5.88. The Bertz CT molecular complexity index is 948. The third-order valence-electron chi connectivity index (χ3n) is 4.57. The summed E-state index contributed by atoms with van der Waals surface area (Å²) < 4.78 is 1.98. The highest BCUT2D eigenvalue weighted by Gasteiger charge is 2.26. The van der Waals surface area contributed by atoms with Gasteiger partial charge in [0.1, 0.15) is 5.00 Å². The fourth-order valence-electron chi connectivity index (χ4n) is 3.33. The first kappa shape index (κ1) is 17.5. The van der Waals surface area contributed by atoms with Crippen LogP contribution in [0.2, 0.25) is 0 Å². The van der Waals surface area contributed by atoms with Crippen LogP contribution in [0.4, 0.5) is 5.69 Å². The molecule has 27 heavy (non-hydrogen) atoms. The summed E-state index contributed by atoms with van der Waals surface area (Å²) in [6, 6.07) is 7.39. The average Bonchev–Trinajstić information content (AvgIpc) is 3.34. The van der Waals surface area contributed by atoms with Crippen molar-refractivity contribution in [1.29, 1.82) is 0 Å². The van der Waals surface area contributed by atoms with Crippen LogP contribution in [0, 0.1) is 0 Å². The summed E-state index contributed by atoms with van der Waals surface area (Å²) in [4.78, 5) is 30.3. The summed E-state index contributed by atoms with van der Waals surface area (Å²) >= 11 is 1.68. The number of thiophene rings is 1. The molecule has 3 aromatic heterocycles. The van der Waals surface area contributed by atoms with Crippen molar-refractivity contribution in [3.8, 4) is 5.00 Å². The quantitative estimate of drug-likeness (QED) is 0.714. The number of rotatable bonds is 5. The number of pyridine rings is 1. The van der Waals surface area contributed by atoms with Crippen LogP contribution in [0.15, 0.2) is 49.1 Å². The van der Waals surface area contributed by atoms with Gasteiger partial charge < -0.3 is 15.2 Å². The Balaban J connectivity index is 1.51. The second-order valence-electron chi connectivity index (χ2n) is 6.45. The molecule has 0 unspecified atom stereocenters. The Kier molecular flexibility index (Phi) is 5.02. The molecule has 2 N–H and O–H groups in total. The normalized spacial score (nSPS) is 13.0. The van der Waals surface area contributed by atoms with E-state index in [1.54, 1.807) is 35.9 Å². The van der Waals surface area contributed by atoms with Crippen LogP contribution in [-0.2, 0) is 17.6 Å². The maximum Gasteiger partial charge on any atom is 0.255 e. The van der Waals surface area contributed by atoms with Gasteiger partial charge in [0.15, 0.2) is 0 Å². The number of fused-ring (bicyclic) bond motifs is 1. The van der Waals surface area contributed by atoms with E-state index in [0.717, 1.165) is 36.2 Å². The molecule has 138 valence electrons. The van der Waals surface area contributed by atoms with Crippen molar-refractivity contribution in [2.24, 2.45) is 0 Å². The minimum Gasteiger partial charge on any atom is -0.343 e. The van der Waals surface area contributed by atoms with E-state index in [0.29, 0.717) is 11.3 Å². The maximum atomic E-state index is 12.9. The van der Waals surface area contributed by atoms with Gasteiger partial charge in [0, 0.05) is 23.5 Å².